The van der Waals surface area contributed by atoms with Crippen molar-refractivity contribution in [3.63, 3.8) is 0 Å². The van der Waals surface area contributed by atoms with E-state index in [1.807, 2.05) is 49.4 Å². The predicted octanol–water partition coefficient (Wildman–Crippen LogP) is 2.41. The first-order valence-electron chi connectivity index (χ1n) is 8.71. The zero-order valence-electron chi connectivity index (χ0n) is 14.9. The molecule has 0 amide bonds. The molecule has 1 saturated heterocycles. The summed E-state index contributed by atoms with van der Waals surface area (Å²) < 4.78 is 33.7. The molecular formula is C19H20N4O3S. The quantitative estimate of drug-likeness (QED) is 0.693. The largest absolute Gasteiger partial charge is 0.378 e. The second-order valence-corrected chi connectivity index (χ2v) is 8.34. The van der Waals surface area contributed by atoms with Gasteiger partial charge in [-0.3, -0.25) is 4.98 Å². The summed E-state index contributed by atoms with van der Waals surface area (Å²) in [6, 6.07) is 15.4. The summed E-state index contributed by atoms with van der Waals surface area (Å²) in [5.41, 5.74) is 3.42. The number of hydrogen-bond donors (Lipinski definition) is 0. The van der Waals surface area contributed by atoms with Gasteiger partial charge >= 0.3 is 0 Å². The van der Waals surface area contributed by atoms with E-state index in [0.29, 0.717) is 12.4 Å². The van der Waals surface area contributed by atoms with Crippen LogP contribution < -0.4 is 4.31 Å². The summed E-state index contributed by atoms with van der Waals surface area (Å²) in [6.07, 6.45) is 1.73. The molecule has 140 valence electrons. The van der Waals surface area contributed by atoms with Crippen molar-refractivity contribution in [3.05, 3.63) is 60.4 Å². The van der Waals surface area contributed by atoms with E-state index < -0.39 is 10.0 Å². The maximum absolute atomic E-state index is 12.6. The maximum Gasteiger partial charge on any atom is 0.238 e. The fourth-order valence-corrected chi connectivity index (χ4v) is 4.28. The third kappa shape index (κ3) is 3.58. The summed E-state index contributed by atoms with van der Waals surface area (Å²) in [7, 11) is -3.47. The molecule has 0 N–H and O–H groups in total. The fraction of sp³-hybridized carbons (Fsp3) is 0.263. The first kappa shape index (κ1) is 17.7. The molecule has 0 bridgehead atoms. The van der Waals surface area contributed by atoms with Gasteiger partial charge in [-0.2, -0.15) is 0 Å². The van der Waals surface area contributed by atoms with Gasteiger partial charge in [0.25, 0.3) is 0 Å². The highest BCUT2D eigenvalue weighted by atomic mass is 32.2. The van der Waals surface area contributed by atoms with Gasteiger partial charge in [0.2, 0.25) is 10.0 Å². The van der Waals surface area contributed by atoms with Crippen molar-refractivity contribution in [2.75, 3.05) is 29.8 Å². The SMILES string of the molecule is Cc1ccc(-n2nc(N3CCOCCS3(=O)=O)cc2-c2ccccc2)cn1. The average Bonchev–Trinajstić information content (AvgIpc) is 3.02. The van der Waals surface area contributed by atoms with Crippen LogP contribution in [0.2, 0.25) is 0 Å². The minimum Gasteiger partial charge on any atom is -0.378 e. The Labute approximate surface area is 158 Å². The molecule has 0 atom stereocenters. The topological polar surface area (TPSA) is 77.3 Å². The van der Waals surface area contributed by atoms with Gasteiger partial charge in [0.05, 0.1) is 43.1 Å². The number of hydrogen-bond acceptors (Lipinski definition) is 5. The van der Waals surface area contributed by atoms with Crippen molar-refractivity contribution in [1.29, 1.82) is 0 Å². The zero-order valence-corrected chi connectivity index (χ0v) is 15.8. The summed E-state index contributed by atoms with van der Waals surface area (Å²) in [5.74, 6) is 0.340. The van der Waals surface area contributed by atoms with Gasteiger partial charge in [-0.05, 0) is 19.1 Å². The molecule has 3 heterocycles. The molecule has 1 aromatic carbocycles. The van der Waals surface area contributed by atoms with Crippen molar-refractivity contribution < 1.29 is 13.2 Å². The van der Waals surface area contributed by atoms with Gasteiger partial charge < -0.3 is 4.74 Å². The first-order chi connectivity index (χ1) is 13.0. The van der Waals surface area contributed by atoms with Crippen LogP contribution in [0.5, 0.6) is 0 Å². The Kier molecular flexibility index (Phi) is 4.67. The number of pyridine rings is 1. The Morgan fingerprint density at radius 1 is 1.07 bits per heavy atom. The van der Waals surface area contributed by atoms with Gasteiger partial charge in [0, 0.05) is 17.3 Å². The van der Waals surface area contributed by atoms with E-state index in [1.165, 1.54) is 4.31 Å². The molecule has 0 radical (unpaired) electrons. The van der Waals surface area contributed by atoms with E-state index in [2.05, 4.69) is 10.1 Å². The summed E-state index contributed by atoms with van der Waals surface area (Å²) in [5, 5.41) is 4.62. The lowest BCUT2D eigenvalue weighted by atomic mass is 10.1. The number of sulfonamides is 1. The molecule has 1 fully saturated rings. The van der Waals surface area contributed by atoms with Crippen LogP contribution in [0.15, 0.2) is 54.7 Å². The van der Waals surface area contributed by atoms with Gasteiger partial charge in [-0.1, -0.05) is 30.3 Å². The third-order valence-corrected chi connectivity index (χ3v) is 6.15. The Hall–Kier alpha value is -2.71. The number of aromatic nitrogens is 3. The molecule has 0 spiro atoms. The maximum atomic E-state index is 12.6. The number of aryl methyl sites for hydroxylation is 1. The molecule has 8 heteroatoms. The molecule has 0 aliphatic carbocycles. The minimum atomic E-state index is -3.47. The van der Waals surface area contributed by atoms with E-state index >= 15 is 0 Å². The molecule has 1 aliphatic rings. The fourth-order valence-electron chi connectivity index (χ4n) is 3.01. The second-order valence-electron chi connectivity index (χ2n) is 6.32. The van der Waals surface area contributed by atoms with Crippen molar-refractivity contribution >= 4 is 15.8 Å². The van der Waals surface area contributed by atoms with Gasteiger partial charge in [0.15, 0.2) is 5.82 Å². The van der Waals surface area contributed by atoms with Gasteiger partial charge in [-0.25, -0.2) is 17.4 Å². The van der Waals surface area contributed by atoms with Crippen LogP contribution in [-0.4, -0.2) is 48.7 Å². The highest BCUT2D eigenvalue weighted by Crippen LogP contribution is 2.29. The van der Waals surface area contributed by atoms with E-state index in [4.69, 9.17) is 4.74 Å². The van der Waals surface area contributed by atoms with Crippen LogP contribution >= 0.6 is 0 Å². The number of nitrogens with zero attached hydrogens (tertiary/aromatic N) is 4. The lowest BCUT2D eigenvalue weighted by Crippen LogP contribution is -2.33. The predicted molar refractivity (Wildman–Crippen MR) is 103 cm³/mol. The Morgan fingerprint density at radius 2 is 1.89 bits per heavy atom. The molecule has 27 heavy (non-hydrogen) atoms. The van der Waals surface area contributed by atoms with E-state index in [0.717, 1.165) is 22.6 Å². The standard InChI is InChI=1S/C19H20N4O3S/c1-15-7-8-17(14-20-15)23-18(16-5-3-2-4-6-16)13-19(21-23)22-9-10-26-11-12-27(22,24)25/h2-8,13-14H,9-12H2,1H3. The Bertz CT molecular complexity index is 1030. The number of ether oxygens (including phenoxy) is 1. The second kappa shape index (κ2) is 7.13. The van der Waals surface area contributed by atoms with Crippen LogP contribution in [0.25, 0.3) is 16.9 Å². The summed E-state index contributed by atoms with van der Waals surface area (Å²) >= 11 is 0. The number of anilines is 1. The van der Waals surface area contributed by atoms with Gasteiger partial charge in [-0.15, -0.1) is 5.10 Å². The Balaban J connectivity index is 1.86. The molecule has 3 aromatic rings. The van der Waals surface area contributed by atoms with Crippen LogP contribution in [0, 0.1) is 6.92 Å². The molecule has 4 rings (SSSR count). The molecule has 2 aromatic heterocycles. The lowest BCUT2D eigenvalue weighted by Gasteiger charge is -2.18. The first-order valence-corrected chi connectivity index (χ1v) is 10.3. The molecular weight excluding hydrogens is 364 g/mol. The van der Waals surface area contributed by atoms with Crippen molar-refractivity contribution in [3.8, 4) is 16.9 Å². The van der Waals surface area contributed by atoms with Crippen molar-refractivity contribution in [1.82, 2.24) is 14.8 Å². The van der Waals surface area contributed by atoms with E-state index in [-0.39, 0.29) is 18.9 Å². The smallest absolute Gasteiger partial charge is 0.238 e. The van der Waals surface area contributed by atoms with Gasteiger partial charge in [0.1, 0.15) is 0 Å². The average molecular weight is 384 g/mol. The van der Waals surface area contributed by atoms with Crippen LogP contribution in [0.4, 0.5) is 5.82 Å². The normalized spacial score (nSPS) is 16.9. The molecule has 1 aliphatic heterocycles. The molecule has 7 nitrogen and oxygen atoms in total. The van der Waals surface area contributed by atoms with Crippen LogP contribution in [-0.2, 0) is 14.8 Å². The van der Waals surface area contributed by atoms with E-state index in [1.54, 1.807) is 16.9 Å². The summed E-state index contributed by atoms with van der Waals surface area (Å²) in [6.45, 7) is 2.71. The minimum absolute atomic E-state index is 0.0490. The number of benzene rings is 1. The van der Waals surface area contributed by atoms with Crippen LogP contribution in [0.3, 0.4) is 0 Å². The molecule has 0 saturated carbocycles. The zero-order chi connectivity index (χ0) is 18.9. The Morgan fingerprint density at radius 3 is 2.63 bits per heavy atom. The van der Waals surface area contributed by atoms with E-state index in [9.17, 15) is 8.42 Å². The van der Waals surface area contributed by atoms with Crippen LogP contribution in [0.1, 0.15) is 5.69 Å². The van der Waals surface area contributed by atoms with Crippen molar-refractivity contribution in [2.24, 2.45) is 0 Å². The summed E-state index contributed by atoms with van der Waals surface area (Å²) in [4.78, 5) is 4.34. The highest BCUT2D eigenvalue weighted by Gasteiger charge is 2.28. The molecule has 0 unspecified atom stereocenters. The number of rotatable bonds is 3. The monoisotopic (exact) mass is 384 g/mol. The lowest BCUT2D eigenvalue weighted by molar-refractivity contribution is 0.162. The highest BCUT2D eigenvalue weighted by molar-refractivity contribution is 7.92. The van der Waals surface area contributed by atoms with Crippen molar-refractivity contribution in [2.45, 2.75) is 6.92 Å². The third-order valence-electron chi connectivity index (χ3n) is 4.42.